The highest BCUT2D eigenvalue weighted by Gasteiger charge is 2.43. The molecule has 1 aromatic carbocycles. The monoisotopic (exact) mass is 366 g/mol. The molecule has 0 amide bonds. The van der Waals surface area contributed by atoms with Gasteiger partial charge in [-0.2, -0.15) is 26.3 Å². The van der Waals surface area contributed by atoms with Gasteiger partial charge in [0, 0.05) is 0 Å². The molecule has 1 aromatic rings. The number of hydrogen-bond donors (Lipinski definition) is 1. The normalized spacial score (nSPS) is 14.8. The number of halogens is 6. The van der Waals surface area contributed by atoms with E-state index in [1.807, 2.05) is 0 Å². The van der Waals surface area contributed by atoms with Crippen molar-refractivity contribution in [1.29, 1.82) is 0 Å². The predicted molar refractivity (Wildman–Crippen MR) is 67.8 cm³/mol. The van der Waals surface area contributed by atoms with E-state index < -0.39 is 39.0 Å². The standard InChI is InChI=1S/C12H13F6O4P/c1-8-4-2-3-5-9(8)10(19)23(20,21-6-11(13,14)15)22-7-12(16,17)18/h2-5,10,19H,6-7H2,1H3/t10-/m0/s1. The molecule has 0 fully saturated rings. The van der Waals surface area contributed by atoms with Gasteiger partial charge in [-0.25, -0.2) is 0 Å². The Kier molecular flexibility index (Phi) is 6.25. The largest absolute Gasteiger partial charge is 0.412 e. The molecule has 0 aliphatic carbocycles. The van der Waals surface area contributed by atoms with Crippen molar-refractivity contribution in [1.82, 2.24) is 0 Å². The van der Waals surface area contributed by atoms with E-state index in [9.17, 15) is 36.0 Å². The zero-order chi connectivity index (χ0) is 17.9. The SMILES string of the molecule is Cc1ccccc1[C@@H](O)P(=O)(OCC(F)(F)F)OCC(F)(F)F. The van der Waals surface area contributed by atoms with Crippen molar-refractivity contribution in [2.75, 3.05) is 13.2 Å². The third kappa shape index (κ3) is 6.50. The van der Waals surface area contributed by atoms with Crippen LogP contribution in [0.1, 0.15) is 17.0 Å². The molecule has 0 spiro atoms. The zero-order valence-corrected chi connectivity index (χ0v) is 12.6. The molecule has 132 valence electrons. The molecule has 1 rings (SSSR count). The van der Waals surface area contributed by atoms with Crippen LogP contribution in [0.2, 0.25) is 0 Å². The first-order valence-corrected chi connectivity index (χ1v) is 7.71. The van der Waals surface area contributed by atoms with E-state index in [1.54, 1.807) is 0 Å². The molecular formula is C12H13F6O4P. The number of aryl methyl sites for hydroxylation is 1. The molecule has 0 saturated carbocycles. The van der Waals surface area contributed by atoms with Gasteiger partial charge in [0.05, 0.1) is 0 Å². The Morgan fingerprint density at radius 1 is 1.04 bits per heavy atom. The van der Waals surface area contributed by atoms with Crippen molar-refractivity contribution in [3.63, 3.8) is 0 Å². The van der Waals surface area contributed by atoms with Gasteiger partial charge >= 0.3 is 19.9 Å². The molecule has 0 bridgehead atoms. The van der Waals surface area contributed by atoms with E-state index in [0.29, 0.717) is 5.56 Å². The first kappa shape index (κ1) is 20.0. The van der Waals surface area contributed by atoms with Crippen molar-refractivity contribution in [2.45, 2.75) is 25.1 Å². The number of benzene rings is 1. The predicted octanol–water partition coefficient (Wildman–Crippen LogP) is 4.34. The molecular weight excluding hydrogens is 353 g/mol. The lowest BCUT2D eigenvalue weighted by molar-refractivity contribution is -0.167. The summed E-state index contributed by atoms with van der Waals surface area (Å²) in [7, 11) is -5.14. The lowest BCUT2D eigenvalue weighted by Crippen LogP contribution is -2.22. The summed E-state index contributed by atoms with van der Waals surface area (Å²) >= 11 is 0. The van der Waals surface area contributed by atoms with E-state index in [1.165, 1.54) is 31.2 Å². The molecule has 0 unspecified atom stereocenters. The summed E-state index contributed by atoms with van der Waals surface area (Å²) in [6.07, 6.45) is -9.91. The minimum Gasteiger partial charge on any atom is -0.376 e. The average Bonchev–Trinajstić information content (AvgIpc) is 2.41. The maximum Gasteiger partial charge on any atom is 0.412 e. The Hall–Kier alpha value is -1.09. The maximum atomic E-state index is 12.3. The van der Waals surface area contributed by atoms with Crippen LogP contribution in [0.5, 0.6) is 0 Å². The van der Waals surface area contributed by atoms with Crippen molar-refractivity contribution < 1.29 is 45.1 Å². The third-order valence-corrected chi connectivity index (χ3v) is 4.44. The Morgan fingerprint density at radius 3 is 1.87 bits per heavy atom. The summed E-state index contributed by atoms with van der Waals surface area (Å²) in [6.45, 7) is -2.81. The van der Waals surface area contributed by atoms with Crippen LogP contribution in [0, 0.1) is 6.92 Å². The van der Waals surface area contributed by atoms with Gasteiger partial charge in [0.1, 0.15) is 0 Å². The molecule has 23 heavy (non-hydrogen) atoms. The van der Waals surface area contributed by atoms with Gasteiger partial charge in [-0.3, -0.25) is 13.6 Å². The van der Waals surface area contributed by atoms with Crippen LogP contribution in [0.4, 0.5) is 26.3 Å². The molecule has 0 heterocycles. The van der Waals surface area contributed by atoms with Crippen LogP contribution in [-0.4, -0.2) is 30.7 Å². The molecule has 0 aliphatic heterocycles. The maximum absolute atomic E-state index is 12.3. The molecule has 0 saturated heterocycles. The summed E-state index contributed by atoms with van der Waals surface area (Å²) in [5.74, 6) is -2.28. The van der Waals surface area contributed by atoms with Gasteiger partial charge in [0.25, 0.3) is 0 Å². The second-order valence-electron chi connectivity index (χ2n) is 4.55. The van der Waals surface area contributed by atoms with Crippen molar-refractivity contribution >= 4 is 7.60 Å². The van der Waals surface area contributed by atoms with Crippen molar-refractivity contribution in [3.8, 4) is 0 Å². The van der Waals surface area contributed by atoms with Gasteiger partial charge < -0.3 is 5.11 Å². The summed E-state index contributed by atoms with van der Waals surface area (Å²) in [5, 5.41) is 9.97. The van der Waals surface area contributed by atoms with Crippen molar-refractivity contribution in [3.05, 3.63) is 35.4 Å². The summed E-state index contributed by atoms with van der Waals surface area (Å²) < 4.78 is 93.5. The Morgan fingerprint density at radius 2 is 1.48 bits per heavy atom. The van der Waals surface area contributed by atoms with E-state index in [4.69, 9.17) is 0 Å². The molecule has 0 aliphatic rings. The first-order valence-electron chi connectivity index (χ1n) is 6.10. The fourth-order valence-corrected chi connectivity index (χ4v) is 3.19. The minimum absolute atomic E-state index is 0.153. The quantitative estimate of drug-likeness (QED) is 0.601. The third-order valence-electron chi connectivity index (χ3n) is 2.58. The Balaban J connectivity index is 3.07. The van der Waals surface area contributed by atoms with Gasteiger partial charge in [0.2, 0.25) is 0 Å². The van der Waals surface area contributed by atoms with E-state index in [2.05, 4.69) is 9.05 Å². The Bertz CT molecular complexity index is 549. The molecule has 11 heteroatoms. The lowest BCUT2D eigenvalue weighted by atomic mass is 10.1. The lowest BCUT2D eigenvalue weighted by Gasteiger charge is -2.25. The highest BCUT2D eigenvalue weighted by Crippen LogP contribution is 2.61. The summed E-state index contributed by atoms with van der Waals surface area (Å²) in [5.41, 5.74) is 0.145. The summed E-state index contributed by atoms with van der Waals surface area (Å²) in [4.78, 5) is 0. The van der Waals surface area contributed by atoms with Gasteiger partial charge in [-0.05, 0) is 18.1 Å². The van der Waals surface area contributed by atoms with E-state index in [0.717, 1.165) is 0 Å². The van der Waals surface area contributed by atoms with E-state index in [-0.39, 0.29) is 5.56 Å². The fourth-order valence-electron chi connectivity index (χ4n) is 1.55. The number of rotatable bonds is 6. The molecule has 0 radical (unpaired) electrons. The van der Waals surface area contributed by atoms with Gasteiger partial charge in [-0.15, -0.1) is 0 Å². The van der Waals surface area contributed by atoms with Crippen LogP contribution in [-0.2, 0) is 13.6 Å². The van der Waals surface area contributed by atoms with Crippen LogP contribution in [0.25, 0.3) is 0 Å². The molecule has 0 aromatic heterocycles. The topological polar surface area (TPSA) is 55.8 Å². The minimum atomic E-state index is -5.14. The smallest absolute Gasteiger partial charge is 0.376 e. The van der Waals surface area contributed by atoms with Crippen LogP contribution >= 0.6 is 7.60 Å². The molecule has 1 N–H and O–H groups in total. The number of hydrogen-bond acceptors (Lipinski definition) is 4. The highest BCUT2D eigenvalue weighted by atomic mass is 31.2. The fraction of sp³-hybridized carbons (Fsp3) is 0.500. The van der Waals surface area contributed by atoms with Gasteiger partial charge in [-0.1, -0.05) is 24.3 Å². The Labute approximate surface area is 127 Å². The van der Waals surface area contributed by atoms with Crippen LogP contribution < -0.4 is 0 Å². The van der Waals surface area contributed by atoms with E-state index >= 15 is 0 Å². The second-order valence-corrected chi connectivity index (χ2v) is 6.63. The average molecular weight is 366 g/mol. The zero-order valence-electron chi connectivity index (χ0n) is 11.7. The number of aliphatic hydroxyl groups is 1. The number of aliphatic hydroxyl groups excluding tert-OH is 1. The first-order chi connectivity index (χ1) is 10.3. The van der Waals surface area contributed by atoms with Gasteiger partial charge in [0.15, 0.2) is 19.1 Å². The van der Waals surface area contributed by atoms with Crippen LogP contribution in [0.3, 0.4) is 0 Å². The molecule has 1 atom stereocenters. The van der Waals surface area contributed by atoms with Crippen LogP contribution in [0.15, 0.2) is 24.3 Å². The number of alkyl halides is 6. The molecule has 4 nitrogen and oxygen atoms in total. The second kappa shape index (κ2) is 7.21. The highest BCUT2D eigenvalue weighted by molar-refractivity contribution is 7.54. The van der Waals surface area contributed by atoms with Crippen molar-refractivity contribution in [2.24, 2.45) is 0 Å². The summed E-state index contributed by atoms with van der Waals surface area (Å²) in [6, 6.07) is 5.50.